The van der Waals surface area contributed by atoms with Gasteiger partial charge < -0.3 is 10.6 Å². The molecular formula is C15H23N3O. The van der Waals surface area contributed by atoms with Gasteiger partial charge in [0, 0.05) is 25.0 Å². The summed E-state index contributed by atoms with van der Waals surface area (Å²) in [6, 6.07) is 3.90. The molecule has 1 aromatic heterocycles. The number of amides is 1. The second-order valence-electron chi connectivity index (χ2n) is 5.47. The van der Waals surface area contributed by atoms with Crippen LogP contribution in [0.15, 0.2) is 24.5 Å². The number of hydrogen-bond acceptors (Lipinski definition) is 3. The van der Waals surface area contributed by atoms with Gasteiger partial charge in [0.2, 0.25) is 5.91 Å². The Morgan fingerprint density at radius 1 is 1.58 bits per heavy atom. The Balaban J connectivity index is 2.06. The zero-order valence-electron chi connectivity index (χ0n) is 11.7. The predicted molar refractivity (Wildman–Crippen MR) is 75.2 cm³/mol. The van der Waals surface area contributed by atoms with E-state index in [9.17, 15) is 4.79 Å². The lowest BCUT2D eigenvalue weighted by Gasteiger charge is -2.28. The Labute approximate surface area is 115 Å². The lowest BCUT2D eigenvalue weighted by molar-refractivity contribution is -0.135. The largest absolute Gasteiger partial charge is 0.334 e. The van der Waals surface area contributed by atoms with Crippen molar-refractivity contribution in [3.8, 4) is 0 Å². The zero-order valence-corrected chi connectivity index (χ0v) is 11.7. The molecular weight excluding hydrogens is 238 g/mol. The third kappa shape index (κ3) is 3.53. The number of rotatable bonds is 6. The maximum atomic E-state index is 12.5. The molecule has 0 saturated heterocycles. The average Bonchev–Trinajstić information content (AvgIpc) is 3.28. The molecule has 1 amide bonds. The molecule has 1 aliphatic rings. The summed E-state index contributed by atoms with van der Waals surface area (Å²) in [6.45, 7) is 4.74. The Morgan fingerprint density at radius 2 is 2.32 bits per heavy atom. The van der Waals surface area contributed by atoms with Crippen LogP contribution in [0.4, 0.5) is 0 Å². The van der Waals surface area contributed by atoms with E-state index in [1.807, 2.05) is 30.2 Å². The number of pyridine rings is 1. The highest BCUT2D eigenvalue weighted by molar-refractivity contribution is 5.82. The summed E-state index contributed by atoms with van der Waals surface area (Å²) < 4.78 is 0. The lowest BCUT2D eigenvalue weighted by Crippen LogP contribution is -2.47. The van der Waals surface area contributed by atoms with Crippen molar-refractivity contribution in [3.05, 3.63) is 30.1 Å². The van der Waals surface area contributed by atoms with E-state index in [-0.39, 0.29) is 17.9 Å². The highest BCUT2D eigenvalue weighted by Gasteiger charge is 2.35. The first-order valence-electron chi connectivity index (χ1n) is 7.08. The Morgan fingerprint density at radius 3 is 2.84 bits per heavy atom. The van der Waals surface area contributed by atoms with Crippen molar-refractivity contribution in [2.75, 3.05) is 0 Å². The number of carbonyl (C=O) groups excluding carboxylic acids is 1. The smallest absolute Gasteiger partial charge is 0.240 e. The van der Waals surface area contributed by atoms with Gasteiger partial charge in [0.1, 0.15) is 0 Å². The van der Waals surface area contributed by atoms with Gasteiger partial charge in [-0.15, -0.1) is 0 Å². The van der Waals surface area contributed by atoms with Crippen LogP contribution >= 0.6 is 0 Å². The van der Waals surface area contributed by atoms with Crippen molar-refractivity contribution in [2.45, 2.75) is 51.7 Å². The fourth-order valence-electron chi connectivity index (χ4n) is 2.15. The van der Waals surface area contributed by atoms with Gasteiger partial charge in [-0.2, -0.15) is 0 Å². The summed E-state index contributed by atoms with van der Waals surface area (Å²) in [5, 5.41) is 0. The third-order valence-corrected chi connectivity index (χ3v) is 3.89. The molecule has 1 aliphatic carbocycles. The van der Waals surface area contributed by atoms with Gasteiger partial charge in [0.25, 0.3) is 0 Å². The molecule has 0 radical (unpaired) electrons. The summed E-state index contributed by atoms with van der Waals surface area (Å²) in [5.41, 5.74) is 7.15. The summed E-state index contributed by atoms with van der Waals surface area (Å²) >= 11 is 0. The molecule has 4 nitrogen and oxygen atoms in total. The van der Waals surface area contributed by atoms with Gasteiger partial charge in [-0.3, -0.25) is 9.78 Å². The molecule has 104 valence electrons. The van der Waals surface area contributed by atoms with Gasteiger partial charge in [-0.1, -0.05) is 26.3 Å². The molecule has 0 aliphatic heterocycles. The first-order chi connectivity index (χ1) is 9.13. The van der Waals surface area contributed by atoms with Crippen LogP contribution in [0.3, 0.4) is 0 Å². The van der Waals surface area contributed by atoms with Crippen molar-refractivity contribution in [1.29, 1.82) is 0 Å². The number of nitrogens with two attached hydrogens (primary N) is 1. The summed E-state index contributed by atoms with van der Waals surface area (Å²) in [7, 11) is 0. The summed E-state index contributed by atoms with van der Waals surface area (Å²) in [5.74, 6) is 0.309. The van der Waals surface area contributed by atoms with Crippen LogP contribution in [0.5, 0.6) is 0 Å². The van der Waals surface area contributed by atoms with Gasteiger partial charge in [-0.25, -0.2) is 0 Å². The van der Waals surface area contributed by atoms with E-state index < -0.39 is 0 Å². The van der Waals surface area contributed by atoms with Gasteiger partial charge in [0.15, 0.2) is 0 Å². The van der Waals surface area contributed by atoms with Gasteiger partial charge >= 0.3 is 0 Å². The molecule has 4 heteroatoms. The normalized spacial score (nSPS) is 17.8. The summed E-state index contributed by atoms with van der Waals surface area (Å²) in [6.07, 6.45) is 6.69. The minimum absolute atomic E-state index is 0.0840. The van der Waals surface area contributed by atoms with E-state index in [1.54, 1.807) is 6.20 Å². The third-order valence-electron chi connectivity index (χ3n) is 3.89. The van der Waals surface area contributed by atoms with Crippen molar-refractivity contribution < 1.29 is 4.79 Å². The molecule has 1 unspecified atom stereocenters. The van der Waals surface area contributed by atoms with Crippen LogP contribution in [0.2, 0.25) is 0 Å². The predicted octanol–water partition coefficient (Wildman–Crippen LogP) is 1.95. The molecule has 1 heterocycles. The fourth-order valence-corrected chi connectivity index (χ4v) is 2.15. The molecule has 2 N–H and O–H groups in total. The topological polar surface area (TPSA) is 59.2 Å². The van der Waals surface area contributed by atoms with E-state index in [0.717, 1.165) is 24.8 Å². The van der Waals surface area contributed by atoms with Crippen LogP contribution in [-0.2, 0) is 11.3 Å². The van der Waals surface area contributed by atoms with Crippen molar-refractivity contribution in [2.24, 2.45) is 11.7 Å². The highest BCUT2D eigenvalue weighted by atomic mass is 16.2. The number of hydrogen-bond donors (Lipinski definition) is 1. The standard InChI is InChI=1S/C15H23N3O/c1-3-11(2)14(16)15(19)18(13-6-7-13)10-12-5-4-8-17-9-12/h4-5,8-9,11,13-14H,3,6-7,10,16H2,1-2H3/t11?,14-/m0/s1. The van der Waals surface area contributed by atoms with E-state index in [0.29, 0.717) is 12.6 Å². The quantitative estimate of drug-likeness (QED) is 0.851. The number of carbonyl (C=O) groups is 1. The van der Waals surface area contributed by atoms with Gasteiger partial charge in [-0.05, 0) is 30.4 Å². The van der Waals surface area contributed by atoms with E-state index in [2.05, 4.69) is 11.9 Å². The number of aromatic nitrogens is 1. The molecule has 1 saturated carbocycles. The fraction of sp³-hybridized carbons (Fsp3) is 0.600. The van der Waals surface area contributed by atoms with E-state index in [4.69, 9.17) is 5.73 Å². The molecule has 1 aromatic rings. The van der Waals surface area contributed by atoms with E-state index >= 15 is 0 Å². The molecule has 2 atom stereocenters. The molecule has 19 heavy (non-hydrogen) atoms. The monoisotopic (exact) mass is 261 g/mol. The van der Waals surface area contributed by atoms with Crippen LogP contribution < -0.4 is 5.73 Å². The van der Waals surface area contributed by atoms with E-state index in [1.165, 1.54) is 0 Å². The SMILES string of the molecule is CCC(C)[C@H](N)C(=O)N(Cc1cccnc1)C1CC1. The van der Waals surface area contributed by atoms with Crippen molar-refractivity contribution in [3.63, 3.8) is 0 Å². The summed E-state index contributed by atoms with van der Waals surface area (Å²) in [4.78, 5) is 18.6. The minimum atomic E-state index is -0.387. The van der Waals surface area contributed by atoms with Crippen molar-refractivity contribution in [1.82, 2.24) is 9.88 Å². The Hall–Kier alpha value is -1.42. The highest BCUT2D eigenvalue weighted by Crippen LogP contribution is 2.29. The molecule has 0 bridgehead atoms. The van der Waals surface area contributed by atoms with Crippen LogP contribution in [-0.4, -0.2) is 27.9 Å². The molecule has 1 fully saturated rings. The number of nitrogens with zero attached hydrogens (tertiary/aromatic N) is 2. The molecule has 0 spiro atoms. The second-order valence-corrected chi connectivity index (χ2v) is 5.47. The second kappa shape index (κ2) is 6.15. The first-order valence-corrected chi connectivity index (χ1v) is 7.08. The maximum Gasteiger partial charge on any atom is 0.240 e. The minimum Gasteiger partial charge on any atom is -0.334 e. The lowest BCUT2D eigenvalue weighted by atomic mass is 9.98. The zero-order chi connectivity index (χ0) is 13.8. The van der Waals surface area contributed by atoms with Crippen molar-refractivity contribution >= 4 is 5.91 Å². The van der Waals surface area contributed by atoms with Crippen LogP contribution in [0.1, 0.15) is 38.7 Å². The van der Waals surface area contributed by atoms with Crippen LogP contribution in [0.25, 0.3) is 0 Å². The Kier molecular flexibility index (Phi) is 4.53. The van der Waals surface area contributed by atoms with Gasteiger partial charge in [0.05, 0.1) is 6.04 Å². The average molecular weight is 261 g/mol. The molecule has 2 rings (SSSR count). The first kappa shape index (κ1) is 14.0. The molecule has 0 aromatic carbocycles. The maximum absolute atomic E-state index is 12.5. The Bertz CT molecular complexity index is 417. The van der Waals surface area contributed by atoms with Crippen LogP contribution in [0, 0.1) is 5.92 Å².